The van der Waals surface area contributed by atoms with Crippen molar-refractivity contribution >= 4 is 0 Å². The van der Waals surface area contributed by atoms with E-state index >= 15 is 0 Å². The molecule has 1 saturated carbocycles. The van der Waals surface area contributed by atoms with Crippen molar-refractivity contribution in [3.8, 4) is 0 Å². The molecule has 2 heteroatoms. The second-order valence-corrected chi connectivity index (χ2v) is 6.76. The smallest absolute Gasteiger partial charge is 0.0613 e. The Labute approximate surface area is 107 Å². The maximum atomic E-state index is 9.87. The molecule has 0 aromatic heterocycles. The van der Waals surface area contributed by atoms with Gasteiger partial charge < -0.3 is 10.4 Å². The molecule has 0 aliphatic heterocycles. The molecule has 0 heterocycles. The molecule has 0 bridgehead atoms. The molecule has 0 unspecified atom stereocenters. The summed E-state index contributed by atoms with van der Waals surface area (Å²) in [5.74, 6) is 1.27. The van der Waals surface area contributed by atoms with Crippen LogP contribution in [-0.4, -0.2) is 23.3 Å². The van der Waals surface area contributed by atoms with Crippen LogP contribution in [0.1, 0.15) is 66.2 Å². The zero-order chi connectivity index (χ0) is 12.9. The van der Waals surface area contributed by atoms with Crippen molar-refractivity contribution in [3.05, 3.63) is 0 Å². The van der Waals surface area contributed by atoms with Gasteiger partial charge in [-0.2, -0.15) is 0 Å². The third kappa shape index (κ3) is 4.97. The predicted octanol–water partition coefficient (Wildman–Crippen LogP) is 3.34. The summed E-state index contributed by atoms with van der Waals surface area (Å²) in [5, 5.41) is 13.7. The van der Waals surface area contributed by atoms with E-state index in [1.165, 1.54) is 25.7 Å². The summed E-state index contributed by atoms with van der Waals surface area (Å²) in [4.78, 5) is 0. The molecule has 0 saturated heterocycles. The second kappa shape index (κ2) is 6.75. The molecule has 2 N–H and O–H groups in total. The first-order valence-electron chi connectivity index (χ1n) is 7.36. The van der Waals surface area contributed by atoms with Gasteiger partial charge in [0.05, 0.1) is 6.61 Å². The minimum Gasteiger partial charge on any atom is -0.394 e. The Morgan fingerprint density at radius 1 is 1.06 bits per heavy atom. The van der Waals surface area contributed by atoms with Gasteiger partial charge in [0.1, 0.15) is 0 Å². The van der Waals surface area contributed by atoms with Crippen molar-refractivity contribution in [2.75, 3.05) is 6.61 Å². The van der Waals surface area contributed by atoms with Gasteiger partial charge in [0.2, 0.25) is 0 Å². The number of hydrogen-bond donors (Lipinski definition) is 2. The molecule has 0 spiro atoms. The summed E-state index contributed by atoms with van der Waals surface area (Å²) in [7, 11) is 0. The molecule has 1 fully saturated rings. The molecule has 1 aliphatic rings. The van der Waals surface area contributed by atoms with Crippen LogP contribution in [0.4, 0.5) is 0 Å². The minimum atomic E-state index is -0.0443. The van der Waals surface area contributed by atoms with Crippen molar-refractivity contribution in [1.29, 1.82) is 0 Å². The quantitative estimate of drug-likeness (QED) is 0.716. The van der Waals surface area contributed by atoms with Gasteiger partial charge in [-0.05, 0) is 37.5 Å². The third-order valence-corrected chi connectivity index (χ3v) is 3.77. The lowest BCUT2D eigenvalue weighted by molar-refractivity contribution is 0.105. The highest BCUT2D eigenvalue weighted by molar-refractivity contribution is 4.93. The lowest BCUT2D eigenvalue weighted by Gasteiger charge is -2.39. The summed E-state index contributed by atoms with van der Waals surface area (Å²) in [6.45, 7) is 9.28. The second-order valence-electron chi connectivity index (χ2n) is 6.76. The van der Waals surface area contributed by atoms with Crippen LogP contribution in [0.5, 0.6) is 0 Å². The van der Waals surface area contributed by atoms with Crippen LogP contribution in [0.25, 0.3) is 0 Å². The van der Waals surface area contributed by atoms with Crippen molar-refractivity contribution in [2.45, 2.75) is 77.8 Å². The van der Waals surface area contributed by atoms with Crippen LogP contribution in [0, 0.1) is 11.8 Å². The molecular weight excluding hydrogens is 210 g/mol. The maximum absolute atomic E-state index is 9.87. The van der Waals surface area contributed by atoms with Crippen LogP contribution >= 0.6 is 0 Å². The molecule has 17 heavy (non-hydrogen) atoms. The van der Waals surface area contributed by atoms with Gasteiger partial charge in [0.15, 0.2) is 0 Å². The largest absolute Gasteiger partial charge is 0.394 e. The Bertz CT molecular complexity index is 197. The van der Waals surface area contributed by atoms with Gasteiger partial charge in [0, 0.05) is 11.6 Å². The van der Waals surface area contributed by atoms with Crippen molar-refractivity contribution < 1.29 is 5.11 Å². The predicted molar refractivity (Wildman–Crippen MR) is 74.1 cm³/mol. The first-order valence-corrected chi connectivity index (χ1v) is 7.36. The fourth-order valence-corrected chi connectivity index (χ4v) is 3.44. The summed E-state index contributed by atoms with van der Waals surface area (Å²) in [5.41, 5.74) is -0.0443. The molecule has 1 rings (SSSR count). The number of aliphatic hydroxyl groups excluding tert-OH is 1. The van der Waals surface area contributed by atoms with Crippen molar-refractivity contribution in [3.63, 3.8) is 0 Å². The standard InChI is InChI=1S/C15H31NO/c1-12(2)9-15(11-17,10-13(3)4)16-14-7-5-6-8-14/h12-14,16-17H,5-11H2,1-4H3. The van der Waals surface area contributed by atoms with Crippen molar-refractivity contribution in [2.24, 2.45) is 11.8 Å². The lowest BCUT2D eigenvalue weighted by Crippen LogP contribution is -2.54. The maximum Gasteiger partial charge on any atom is 0.0613 e. The molecule has 0 aromatic carbocycles. The zero-order valence-electron chi connectivity index (χ0n) is 12.1. The average molecular weight is 241 g/mol. The van der Waals surface area contributed by atoms with Crippen LogP contribution in [0.3, 0.4) is 0 Å². The number of rotatable bonds is 7. The van der Waals surface area contributed by atoms with Gasteiger partial charge in [-0.1, -0.05) is 40.5 Å². The highest BCUT2D eigenvalue weighted by Crippen LogP contribution is 2.28. The monoisotopic (exact) mass is 241 g/mol. The van der Waals surface area contributed by atoms with Gasteiger partial charge in [-0.15, -0.1) is 0 Å². The number of nitrogens with one attached hydrogen (secondary N) is 1. The molecule has 0 radical (unpaired) electrons. The fourth-order valence-electron chi connectivity index (χ4n) is 3.44. The fraction of sp³-hybridized carbons (Fsp3) is 1.00. The van der Waals surface area contributed by atoms with E-state index in [0.717, 1.165) is 12.8 Å². The van der Waals surface area contributed by atoms with Gasteiger partial charge in [-0.25, -0.2) is 0 Å². The summed E-state index contributed by atoms with van der Waals surface area (Å²) >= 11 is 0. The summed E-state index contributed by atoms with van der Waals surface area (Å²) in [6, 6.07) is 0.639. The van der Waals surface area contributed by atoms with Crippen molar-refractivity contribution in [1.82, 2.24) is 5.32 Å². The Morgan fingerprint density at radius 2 is 1.53 bits per heavy atom. The van der Waals surface area contributed by atoms with E-state index in [-0.39, 0.29) is 12.1 Å². The molecule has 0 aromatic rings. The average Bonchev–Trinajstić information content (AvgIpc) is 2.68. The van der Waals surface area contributed by atoms with E-state index in [0.29, 0.717) is 17.9 Å². The zero-order valence-corrected chi connectivity index (χ0v) is 12.1. The lowest BCUT2D eigenvalue weighted by atomic mass is 9.81. The molecule has 0 atom stereocenters. The Morgan fingerprint density at radius 3 is 1.88 bits per heavy atom. The summed E-state index contributed by atoms with van der Waals surface area (Å²) in [6.07, 6.45) is 7.44. The van der Waals surface area contributed by atoms with Crippen LogP contribution in [0.15, 0.2) is 0 Å². The minimum absolute atomic E-state index is 0.0443. The van der Waals surface area contributed by atoms with E-state index in [1.807, 2.05) is 0 Å². The Hall–Kier alpha value is -0.0800. The van der Waals surface area contributed by atoms with E-state index in [4.69, 9.17) is 0 Å². The number of aliphatic hydroxyl groups is 1. The van der Waals surface area contributed by atoms with E-state index in [2.05, 4.69) is 33.0 Å². The molecule has 0 amide bonds. The van der Waals surface area contributed by atoms with E-state index < -0.39 is 0 Å². The number of hydrogen-bond acceptors (Lipinski definition) is 2. The van der Waals surface area contributed by atoms with Crippen LogP contribution in [0.2, 0.25) is 0 Å². The van der Waals surface area contributed by atoms with Gasteiger partial charge in [0.25, 0.3) is 0 Å². The summed E-state index contributed by atoms with van der Waals surface area (Å²) < 4.78 is 0. The van der Waals surface area contributed by atoms with Crippen LogP contribution in [-0.2, 0) is 0 Å². The topological polar surface area (TPSA) is 32.3 Å². The molecule has 102 valence electrons. The van der Waals surface area contributed by atoms with E-state index in [1.54, 1.807) is 0 Å². The molecular formula is C15H31NO. The first kappa shape index (κ1) is 15.0. The van der Waals surface area contributed by atoms with E-state index in [9.17, 15) is 5.11 Å². The Balaban J connectivity index is 2.65. The van der Waals surface area contributed by atoms with Gasteiger partial charge in [-0.3, -0.25) is 0 Å². The highest BCUT2D eigenvalue weighted by atomic mass is 16.3. The SMILES string of the molecule is CC(C)CC(CO)(CC(C)C)NC1CCCC1. The third-order valence-electron chi connectivity index (χ3n) is 3.77. The first-order chi connectivity index (χ1) is 7.97. The normalized spacial score (nSPS) is 18.5. The van der Waals surface area contributed by atoms with Gasteiger partial charge >= 0.3 is 0 Å². The molecule has 1 aliphatic carbocycles. The Kier molecular flexibility index (Phi) is 5.94. The molecule has 2 nitrogen and oxygen atoms in total. The van der Waals surface area contributed by atoms with Crippen LogP contribution < -0.4 is 5.32 Å². The highest BCUT2D eigenvalue weighted by Gasteiger charge is 2.33.